The maximum Gasteiger partial charge on any atom is 2.00 e. The minimum absolute atomic E-state index is 0. The van der Waals surface area contributed by atoms with Crippen molar-refractivity contribution in [3.8, 4) is 0 Å². The summed E-state index contributed by atoms with van der Waals surface area (Å²) in [6, 6.07) is 5.34. The summed E-state index contributed by atoms with van der Waals surface area (Å²) >= 11 is 12.1. The molecule has 2 aliphatic heterocycles. The maximum atomic E-state index is 12.3. The van der Waals surface area contributed by atoms with Crippen LogP contribution in [0.15, 0.2) is 23.3 Å². The largest absolute Gasteiger partial charge is 2.00 e. The van der Waals surface area contributed by atoms with Crippen LogP contribution in [-0.2, 0) is 32.0 Å². The summed E-state index contributed by atoms with van der Waals surface area (Å²) in [7, 11) is 1.87. The number of carbonyl (C=O) groups is 2. The molecule has 3 N–H and O–H groups in total. The van der Waals surface area contributed by atoms with Crippen molar-refractivity contribution in [3.63, 3.8) is 0 Å². The zero-order valence-electron chi connectivity index (χ0n) is 20.5. The van der Waals surface area contributed by atoms with Crippen molar-refractivity contribution in [2.45, 2.75) is 32.6 Å². The number of likely N-dealkylation sites (tertiary alicyclic amines) is 1. The van der Waals surface area contributed by atoms with Gasteiger partial charge >= 0.3 is 22.4 Å². The number of amidine groups is 1. The Balaban J connectivity index is 0.00000114. The van der Waals surface area contributed by atoms with Gasteiger partial charge in [0, 0.05) is 18.9 Å². The number of halogens is 2. The molecule has 3 rings (SSSR count). The van der Waals surface area contributed by atoms with Gasteiger partial charge in [-0.1, -0.05) is 30.1 Å². The average molecular weight is 604 g/mol. The Kier molecular flexibility index (Phi) is 15.8. The summed E-state index contributed by atoms with van der Waals surface area (Å²) in [4.78, 5) is 26.4. The Morgan fingerprint density at radius 2 is 1.89 bits per heavy atom. The Morgan fingerprint density at radius 3 is 2.51 bits per heavy atom. The van der Waals surface area contributed by atoms with Crippen molar-refractivity contribution in [2.75, 3.05) is 51.3 Å². The van der Waals surface area contributed by atoms with Crippen LogP contribution in [0.4, 0.5) is 5.69 Å². The standard InChI is InChI=1S/C21H28Cl2N5O2.C3H8N.Nb/c1-15-13-28(16-7-8-17(22)18(23)12-16)26-21(15)25-19(29)6-5-9-24-20(30)14-27-10-3-2-4-11-27;1-3-4-2;/h2,7-8,12,15H,3-6,9-11,13-14H2,1H3,(H,24,30)(H,25,26,29);4H,1,3H2,2H3;/q2*-1;+2. The molecule has 35 heavy (non-hydrogen) atoms. The third kappa shape index (κ3) is 11.6. The number of hydrogen-bond acceptors (Lipinski definition) is 6. The monoisotopic (exact) mass is 603 g/mol. The van der Waals surface area contributed by atoms with Gasteiger partial charge in [0.2, 0.25) is 11.8 Å². The van der Waals surface area contributed by atoms with Gasteiger partial charge in [-0.3, -0.25) is 19.5 Å². The predicted molar refractivity (Wildman–Crippen MR) is 140 cm³/mol. The summed E-state index contributed by atoms with van der Waals surface area (Å²) in [5.74, 6) is 0.641. The molecule has 2 aliphatic rings. The second kappa shape index (κ2) is 17.3. The fourth-order valence-electron chi connectivity index (χ4n) is 3.48. The van der Waals surface area contributed by atoms with Gasteiger partial charge < -0.3 is 29.3 Å². The first-order valence-corrected chi connectivity index (χ1v) is 12.4. The molecule has 0 bridgehead atoms. The molecule has 0 spiro atoms. The first kappa shape index (κ1) is 31.9. The van der Waals surface area contributed by atoms with E-state index in [-0.39, 0.29) is 40.1 Å². The van der Waals surface area contributed by atoms with Crippen LogP contribution in [0.25, 0.3) is 0 Å². The number of piperidine rings is 1. The van der Waals surface area contributed by atoms with Crippen LogP contribution < -0.4 is 21.0 Å². The van der Waals surface area contributed by atoms with Crippen LogP contribution in [0.1, 0.15) is 32.6 Å². The molecule has 0 aromatic heterocycles. The summed E-state index contributed by atoms with van der Waals surface area (Å²) in [5.41, 5.74) is 0.829. The molecule has 0 saturated carbocycles. The van der Waals surface area contributed by atoms with Crippen molar-refractivity contribution in [1.29, 1.82) is 0 Å². The molecule has 1 fully saturated rings. The third-order valence-corrected chi connectivity index (χ3v) is 6.17. The Morgan fingerprint density at radius 1 is 1.20 bits per heavy atom. The molecular weight excluding hydrogens is 568 g/mol. The molecule has 8 nitrogen and oxygen atoms in total. The number of nitrogens with zero attached hydrogens (tertiary/aromatic N) is 3. The van der Waals surface area contributed by atoms with Crippen LogP contribution in [0.3, 0.4) is 0 Å². The Hall–Kier alpha value is -1.13. The third-order valence-electron chi connectivity index (χ3n) is 5.43. The molecule has 1 atom stereocenters. The van der Waals surface area contributed by atoms with E-state index in [0.717, 1.165) is 38.2 Å². The normalized spacial score (nSPS) is 17.6. The van der Waals surface area contributed by atoms with Gasteiger partial charge in [0.1, 0.15) is 5.84 Å². The molecule has 0 aliphatic carbocycles. The number of hydrazone groups is 1. The number of amides is 2. The summed E-state index contributed by atoms with van der Waals surface area (Å²) in [6.07, 6.45) is 5.25. The quantitative estimate of drug-likeness (QED) is 0.241. The number of anilines is 1. The molecule has 2 amide bonds. The first-order chi connectivity index (χ1) is 16.3. The van der Waals surface area contributed by atoms with E-state index in [9.17, 15) is 9.59 Å². The zero-order chi connectivity index (χ0) is 24.9. The van der Waals surface area contributed by atoms with Crippen LogP contribution in [0.5, 0.6) is 0 Å². The fraction of sp³-hybridized carbons (Fsp3) is 0.542. The second-order valence-corrected chi connectivity index (χ2v) is 9.13. The van der Waals surface area contributed by atoms with E-state index in [1.165, 1.54) is 0 Å². The van der Waals surface area contributed by atoms with Crippen molar-refractivity contribution in [2.24, 2.45) is 11.0 Å². The number of nitrogens with one attached hydrogen (secondary N) is 3. The molecule has 2 heterocycles. The molecule has 1 radical (unpaired) electrons. The zero-order valence-corrected chi connectivity index (χ0v) is 24.2. The van der Waals surface area contributed by atoms with Gasteiger partial charge in [-0.25, -0.2) is 0 Å². The van der Waals surface area contributed by atoms with Crippen LogP contribution in [0, 0.1) is 19.3 Å². The van der Waals surface area contributed by atoms with Gasteiger partial charge in [0.05, 0.1) is 28.8 Å². The summed E-state index contributed by atoms with van der Waals surface area (Å²) < 4.78 is 0. The van der Waals surface area contributed by atoms with Gasteiger partial charge in [-0.05, 0) is 44.8 Å². The van der Waals surface area contributed by atoms with Crippen LogP contribution in [0.2, 0.25) is 10.0 Å². The number of benzene rings is 1. The molecule has 1 unspecified atom stereocenters. The van der Waals surface area contributed by atoms with Crippen molar-refractivity contribution in [3.05, 3.63) is 41.6 Å². The van der Waals surface area contributed by atoms with Gasteiger partial charge in [-0.2, -0.15) is 17.9 Å². The number of rotatable bonds is 8. The topological polar surface area (TPSA) is 89.1 Å². The summed E-state index contributed by atoms with van der Waals surface area (Å²) in [6.45, 7) is 9.77. The molecular formula is C24H36Cl2N6NbO2. The Bertz CT molecular complexity index is 834. The number of hydrogen-bond donors (Lipinski definition) is 3. The van der Waals surface area contributed by atoms with Crippen molar-refractivity contribution >= 4 is 46.5 Å². The van der Waals surface area contributed by atoms with Gasteiger partial charge in [0.25, 0.3) is 0 Å². The molecule has 1 saturated heterocycles. The van der Waals surface area contributed by atoms with Crippen LogP contribution >= 0.6 is 23.2 Å². The molecule has 11 heteroatoms. The molecule has 1 aromatic carbocycles. The van der Waals surface area contributed by atoms with Crippen LogP contribution in [-0.4, -0.2) is 68.9 Å². The smallest absolute Gasteiger partial charge is 0.355 e. The SMILES string of the molecule is CC1CN(c2ccc(Cl)c(Cl)c2)N=C1NC(=O)CCCNC(=O)CN1CC[CH-]CC1.[CH2-]CNC.[Nb+2]. The van der Waals surface area contributed by atoms with Crippen molar-refractivity contribution < 1.29 is 32.0 Å². The minimum atomic E-state index is -0.0996. The van der Waals surface area contributed by atoms with E-state index >= 15 is 0 Å². The first-order valence-electron chi connectivity index (χ1n) is 11.7. The van der Waals surface area contributed by atoms with E-state index in [4.69, 9.17) is 23.2 Å². The van der Waals surface area contributed by atoms with Gasteiger partial charge in [-0.15, -0.1) is 6.54 Å². The fourth-order valence-corrected chi connectivity index (χ4v) is 3.77. The van der Waals surface area contributed by atoms with E-state index in [0.29, 0.717) is 48.4 Å². The van der Waals surface area contributed by atoms with Gasteiger partial charge in [0.15, 0.2) is 0 Å². The minimum Gasteiger partial charge on any atom is -0.355 e. The second-order valence-electron chi connectivity index (χ2n) is 8.31. The molecule has 1 aromatic rings. The predicted octanol–water partition coefficient (Wildman–Crippen LogP) is 3.11. The maximum absolute atomic E-state index is 12.3. The summed E-state index contributed by atoms with van der Waals surface area (Å²) in [5, 5.41) is 15.9. The van der Waals surface area contributed by atoms with Crippen molar-refractivity contribution in [1.82, 2.24) is 20.9 Å². The van der Waals surface area contributed by atoms with E-state index < -0.39 is 0 Å². The molecule has 193 valence electrons. The Labute approximate surface area is 235 Å². The van der Waals surface area contributed by atoms with E-state index in [2.05, 4.69) is 39.3 Å². The number of carbonyl (C=O) groups excluding carboxylic acids is 2. The average Bonchev–Trinajstić information content (AvgIpc) is 3.19. The van der Waals surface area contributed by atoms with E-state index in [1.807, 2.05) is 20.0 Å². The van der Waals surface area contributed by atoms with E-state index in [1.54, 1.807) is 17.1 Å².